The maximum absolute atomic E-state index is 11.8. The minimum absolute atomic E-state index is 0.367. The van der Waals surface area contributed by atoms with Gasteiger partial charge in [-0.25, -0.2) is 0 Å². The Morgan fingerprint density at radius 2 is 1.93 bits per heavy atom. The smallest absolute Gasteiger partial charge is 0.222 e. The van der Waals surface area contributed by atoms with Crippen LogP contribution in [0.4, 0.5) is 0 Å². The van der Waals surface area contributed by atoms with Gasteiger partial charge in [0.1, 0.15) is 0 Å². The predicted molar refractivity (Wildman–Crippen MR) is 60.4 cm³/mol. The summed E-state index contributed by atoms with van der Waals surface area (Å²) in [6.07, 6.45) is 8.07. The second-order valence-electron chi connectivity index (χ2n) is 4.98. The summed E-state index contributed by atoms with van der Waals surface area (Å²) < 4.78 is 0. The predicted octanol–water partition coefficient (Wildman–Crippen LogP) is 1.52. The number of likely N-dealkylation sites (tertiary alicyclic amines) is 1. The van der Waals surface area contributed by atoms with E-state index in [1.54, 1.807) is 0 Å². The SMILES string of the molecule is NCC1CCC(=O)N(C2CCCCC2)C1. The van der Waals surface area contributed by atoms with Crippen molar-refractivity contribution >= 4 is 5.91 Å². The molecule has 3 heteroatoms. The van der Waals surface area contributed by atoms with Gasteiger partial charge < -0.3 is 10.6 Å². The van der Waals surface area contributed by atoms with Gasteiger partial charge in [-0.2, -0.15) is 0 Å². The topological polar surface area (TPSA) is 46.3 Å². The molecule has 86 valence electrons. The first kappa shape index (κ1) is 10.9. The number of nitrogens with two attached hydrogens (primary N) is 1. The van der Waals surface area contributed by atoms with Crippen molar-refractivity contribution in [2.45, 2.75) is 51.0 Å². The van der Waals surface area contributed by atoms with Crippen molar-refractivity contribution in [2.75, 3.05) is 13.1 Å². The molecule has 1 saturated heterocycles. The molecule has 2 fully saturated rings. The summed E-state index contributed by atoms with van der Waals surface area (Å²) >= 11 is 0. The first-order chi connectivity index (χ1) is 7.31. The van der Waals surface area contributed by atoms with E-state index in [9.17, 15) is 4.79 Å². The van der Waals surface area contributed by atoms with E-state index in [1.807, 2.05) is 0 Å². The van der Waals surface area contributed by atoms with Gasteiger partial charge in [0.05, 0.1) is 0 Å². The summed E-state index contributed by atoms with van der Waals surface area (Å²) in [5.74, 6) is 0.913. The summed E-state index contributed by atoms with van der Waals surface area (Å²) in [7, 11) is 0. The number of rotatable bonds is 2. The highest BCUT2D eigenvalue weighted by atomic mass is 16.2. The van der Waals surface area contributed by atoms with Crippen molar-refractivity contribution in [2.24, 2.45) is 11.7 Å². The van der Waals surface area contributed by atoms with E-state index < -0.39 is 0 Å². The molecular formula is C12H22N2O. The van der Waals surface area contributed by atoms with E-state index in [-0.39, 0.29) is 0 Å². The molecule has 2 N–H and O–H groups in total. The third-order valence-electron chi connectivity index (χ3n) is 3.89. The highest BCUT2D eigenvalue weighted by Gasteiger charge is 2.30. The summed E-state index contributed by atoms with van der Waals surface area (Å²) in [4.78, 5) is 14.0. The lowest BCUT2D eigenvalue weighted by Gasteiger charge is -2.39. The van der Waals surface area contributed by atoms with Gasteiger partial charge in [0.25, 0.3) is 0 Å². The zero-order valence-corrected chi connectivity index (χ0v) is 9.45. The minimum atomic E-state index is 0.367. The van der Waals surface area contributed by atoms with Crippen LogP contribution < -0.4 is 5.73 Å². The van der Waals surface area contributed by atoms with Crippen LogP contribution in [0.1, 0.15) is 44.9 Å². The maximum Gasteiger partial charge on any atom is 0.222 e. The van der Waals surface area contributed by atoms with Gasteiger partial charge >= 0.3 is 0 Å². The Morgan fingerprint density at radius 1 is 1.20 bits per heavy atom. The third kappa shape index (κ3) is 2.51. The molecule has 0 radical (unpaired) electrons. The molecule has 2 aliphatic rings. The zero-order valence-electron chi connectivity index (χ0n) is 9.45. The molecule has 0 aromatic heterocycles. The first-order valence-corrected chi connectivity index (χ1v) is 6.31. The fourth-order valence-electron chi connectivity index (χ4n) is 2.88. The second kappa shape index (κ2) is 4.97. The van der Waals surface area contributed by atoms with Gasteiger partial charge in [-0.1, -0.05) is 19.3 Å². The molecule has 1 aliphatic heterocycles. The highest BCUT2D eigenvalue weighted by molar-refractivity contribution is 5.77. The van der Waals surface area contributed by atoms with Crippen LogP contribution in [0.15, 0.2) is 0 Å². The van der Waals surface area contributed by atoms with E-state index in [4.69, 9.17) is 5.73 Å². The summed E-state index contributed by atoms with van der Waals surface area (Å²) in [5.41, 5.74) is 5.70. The Hall–Kier alpha value is -0.570. The van der Waals surface area contributed by atoms with Gasteiger partial charge in [-0.3, -0.25) is 4.79 Å². The van der Waals surface area contributed by atoms with Crippen LogP contribution in [0.3, 0.4) is 0 Å². The van der Waals surface area contributed by atoms with E-state index >= 15 is 0 Å². The molecule has 1 aliphatic carbocycles. The van der Waals surface area contributed by atoms with Gasteiger partial charge in [0, 0.05) is 19.0 Å². The van der Waals surface area contributed by atoms with Crippen LogP contribution in [0.25, 0.3) is 0 Å². The number of hydrogen-bond donors (Lipinski definition) is 1. The molecule has 0 aromatic rings. The molecule has 1 amide bonds. The number of amides is 1. The standard InChI is InChI=1S/C12H22N2O/c13-8-10-6-7-12(15)14(9-10)11-4-2-1-3-5-11/h10-11H,1-9,13H2. The lowest BCUT2D eigenvalue weighted by atomic mass is 9.90. The van der Waals surface area contributed by atoms with Crippen LogP contribution in [0, 0.1) is 5.92 Å². The van der Waals surface area contributed by atoms with Crippen molar-refractivity contribution in [3.8, 4) is 0 Å². The summed E-state index contributed by atoms with van der Waals surface area (Å²) in [6.45, 7) is 1.65. The Bertz CT molecular complexity index is 224. The first-order valence-electron chi connectivity index (χ1n) is 6.31. The molecule has 2 rings (SSSR count). The molecule has 1 heterocycles. The number of nitrogens with zero attached hydrogens (tertiary/aromatic N) is 1. The van der Waals surface area contributed by atoms with E-state index in [0.29, 0.717) is 17.9 Å². The van der Waals surface area contributed by atoms with E-state index in [0.717, 1.165) is 25.9 Å². The van der Waals surface area contributed by atoms with Crippen molar-refractivity contribution < 1.29 is 4.79 Å². The Balaban J connectivity index is 1.95. The quantitative estimate of drug-likeness (QED) is 0.751. The number of hydrogen-bond acceptors (Lipinski definition) is 2. The van der Waals surface area contributed by atoms with Crippen LogP contribution in [0.2, 0.25) is 0 Å². The molecule has 0 bridgehead atoms. The molecule has 1 unspecified atom stereocenters. The number of carbonyl (C=O) groups excluding carboxylic acids is 1. The molecule has 0 aromatic carbocycles. The van der Waals surface area contributed by atoms with Gasteiger partial charge in [-0.15, -0.1) is 0 Å². The Morgan fingerprint density at radius 3 is 2.60 bits per heavy atom. The van der Waals surface area contributed by atoms with Gasteiger partial charge in [0.2, 0.25) is 5.91 Å². The maximum atomic E-state index is 11.8. The average Bonchev–Trinajstić information content (AvgIpc) is 2.31. The van der Waals surface area contributed by atoms with Crippen LogP contribution in [-0.4, -0.2) is 29.9 Å². The van der Waals surface area contributed by atoms with Crippen molar-refractivity contribution in [3.05, 3.63) is 0 Å². The lowest BCUT2D eigenvalue weighted by molar-refractivity contribution is -0.138. The molecule has 3 nitrogen and oxygen atoms in total. The largest absolute Gasteiger partial charge is 0.339 e. The van der Waals surface area contributed by atoms with Gasteiger partial charge in [-0.05, 0) is 31.7 Å². The third-order valence-corrected chi connectivity index (χ3v) is 3.89. The Labute approximate surface area is 92.0 Å². The molecule has 1 saturated carbocycles. The van der Waals surface area contributed by atoms with Crippen molar-refractivity contribution in [3.63, 3.8) is 0 Å². The number of piperidine rings is 1. The Kier molecular flexibility index (Phi) is 3.62. The average molecular weight is 210 g/mol. The fraction of sp³-hybridized carbons (Fsp3) is 0.917. The monoisotopic (exact) mass is 210 g/mol. The summed E-state index contributed by atoms with van der Waals surface area (Å²) in [5, 5.41) is 0. The fourth-order valence-corrected chi connectivity index (χ4v) is 2.88. The molecule has 0 spiro atoms. The van der Waals surface area contributed by atoms with Crippen molar-refractivity contribution in [1.82, 2.24) is 4.90 Å². The molecule has 1 atom stereocenters. The molecule has 15 heavy (non-hydrogen) atoms. The summed E-state index contributed by atoms with van der Waals surface area (Å²) in [6, 6.07) is 0.528. The highest BCUT2D eigenvalue weighted by Crippen LogP contribution is 2.27. The van der Waals surface area contributed by atoms with Crippen LogP contribution in [0.5, 0.6) is 0 Å². The van der Waals surface area contributed by atoms with Crippen LogP contribution >= 0.6 is 0 Å². The van der Waals surface area contributed by atoms with E-state index in [1.165, 1.54) is 32.1 Å². The molecular weight excluding hydrogens is 188 g/mol. The lowest BCUT2D eigenvalue weighted by Crippen LogP contribution is -2.48. The number of carbonyl (C=O) groups is 1. The zero-order chi connectivity index (χ0) is 10.7. The second-order valence-corrected chi connectivity index (χ2v) is 4.98. The normalized spacial score (nSPS) is 29.5. The van der Waals surface area contributed by atoms with Gasteiger partial charge in [0.15, 0.2) is 0 Å². The minimum Gasteiger partial charge on any atom is -0.339 e. The van der Waals surface area contributed by atoms with Crippen molar-refractivity contribution in [1.29, 1.82) is 0 Å². The van der Waals surface area contributed by atoms with E-state index in [2.05, 4.69) is 4.90 Å². The van der Waals surface area contributed by atoms with Crippen LogP contribution in [-0.2, 0) is 4.79 Å².